The minimum Gasteiger partial charge on any atom is -0.488 e. The Hall–Kier alpha value is -2.80. The molecule has 0 aromatic heterocycles. The Morgan fingerprint density at radius 1 is 1.04 bits per heavy atom. The Labute approximate surface area is 167 Å². The monoisotopic (exact) mass is 397 g/mol. The van der Waals surface area contributed by atoms with E-state index in [0.717, 1.165) is 5.56 Å². The molecule has 0 saturated carbocycles. The SMILES string of the molecule is N#C/C(=C/c1ccccc1OCc1ccc(Cl)cc1Cl)c1ccccc1F. The van der Waals surface area contributed by atoms with Crippen LogP contribution in [-0.2, 0) is 6.61 Å². The average molecular weight is 398 g/mol. The third kappa shape index (κ3) is 4.68. The van der Waals surface area contributed by atoms with Gasteiger partial charge in [-0.05, 0) is 30.3 Å². The van der Waals surface area contributed by atoms with Crippen molar-refractivity contribution in [2.75, 3.05) is 0 Å². The second-order valence-electron chi connectivity index (χ2n) is 5.71. The molecule has 0 N–H and O–H groups in total. The van der Waals surface area contributed by atoms with Crippen LogP contribution in [0, 0.1) is 17.1 Å². The number of ether oxygens (including phenoxy) is 1. The predicted molar refractivity (Wildman–Crippen MR) is 107 cm³/mol. The summed E-state index contributed by atoms with van der Waals surface area (Å²) in [6.45, 7) is 0.239. The van der Waals surface area contributed by atoms with Gasteiger partial charge in [0, 0.05) is 26.7 Å². The van der Waals surface area contributed by atoms with Gasteiger partial charge in [-0.2, -0.15) is 5.26 Å². The molecular weight excluding hydrogens is 384 g/mol. The van der Waals surface area contributed by atoms with Crippen molar-refractivity contribution < 1.29 is 9.13 Å². The summed E-state index contributed by atoms with van der Waals surface area (Å²) in [6.07, 6.45) is 1.61. The topological polar surface area (TPSA) is 33.0 Å². The fourth-order valence-corrected chi connectivity index (χ4v) is 2.99. The van der Waals surface area contributed by atoms with Gasteiger partial charge in [-0.15, -0.1) is 0 Å². The number of nitriles is 1. The molecule has 0 spiro atoms. The molecule has 134 valence electrons. The van der Waals surface area contributed by atoms with Crippen LogP contribution in [0.5, 0.6) is 5.75 Å². The van der Waals surface area contributed by atoms with Gasteiger partial charge in [0.25, 0.3) is 0 Å². The fraction of sp³-hybridized carbons (Fsp3) is 0.0455. The van der Waals surface area contributed by atoms with Crippen LogP contribution >= 0.6 is 23.2 Å². The highest BCUT2D eigenvalue weighted by molar-refractivity contribution is 6.35. The van der Waals surface area contributed by atoms with E-state index < -0.39 is 5.82 Å². The minimum absolute atomic E-state index is 0.216. The summed E-state index contributed by atoms with van der Waals surface area (Å²) >= 11 is 12.1. The van der Waals surface area contributed by atoms with Crippen LogP contribution in [0.3, 0.4) is 0 Å². The summed E-state index contributed by atoms with van der Waals surface area (Å²) in [5.74, 6) is 0.115. The van der Waals surface area contributed by atoms with Gasteiger partial charge in [0.2, 0.25) is 0 Å². The van der Waals surface area contributed by atoms with Crippen LogP contribution in [0.25, 0.3) is 11.6 Å². The summed E-state index contributed by atoms with van der Waals surface area (Å²) in [6, 6.07) is 20.6. The molecule has 0 aliphatic rings. The predicted octanol–water partition coefficient (Wildman–Crippen LogP) is 6.78. The van der Waals surface area contributed by atoms with Crippen LogP contribution < -0.4 is 4.74 Å². The second kappa shape index (κ2) is 8.73. The van der Waals surface area contributed by atoms with Crippen molar-refractivity contribution in [2.45, 2.75) is 6.61 Å². The lowest BCUT2D eigenvalue weighted by Gasteiger charge is -2.11. The van der Waals surface area contributed by atoms with Gasteiger partial charge < -0.3 is 4.74 Å². The van der Waals surface area contributed by atoms with Crippen molar-refractivity contribution in [3.8, 4) is 11.8 Å². The lowest BCUT2D eigenvalue weighted by atomic mass is 10.0. The third-order valence-electron chi connectivity index (χ3n) is 3.90. The van der Waals surface area contributed by atoms with Crippen molar-refractivity contribution in [1.82, 2.24) is 0 Å². The normalized spacial score (nSPS) is 11.1. The van der Waals surface area contributed by atoms with Crippen molar-refractivity contribution in [1.29, 1.82) is 5.26 Å². The van der Waals surface area contributed by atoms with Crippen molar-refractivity contribution in [3.05, 3.63) is 99.3 Å². The first-order valence-electron chi connectivity index (χ1n) is 8.11. The Morgan fingerprint density at radius 2 is 1.78 bits per heavy atom. The van der Waals surface area contributed by atoms with Gasteiger partial charge in [-0.1, -0.05) is 65.7 Å². The van der Waals surface area contributed by atoms with E-state index in [2.05, 4.69) is 6.07 Å². The molecule has 3 aromatic carbocycles. The molecule has 2 nitrogen and oxygen atoms in total. The summed E-state index contributed by atoms with van der Waals surface area (Å²) in [5, 5.41) is 10.5. The zero-order chi connectivity index (χ0) is 19.2. The highest BCUT2D eigenvalue weighted by Crippen LogP contribution is 2.28. The van der Waals surface area contributed by atoms with Gasteiger partial charge >= 0.3 is 0 Å². The lowest BCUT2D eigenvalue weighted by molar-refractivity contribution is 0.305. The molecule has 0 fully saturated rings. The number of rotatable bonds is 5. The standard InChI is InChI=1S/C22H14Cl2FNO/c23-18-10-9-16(20(24)12-18)14-27-22-8-4-1-5-15(22)11-17(13-26)19-6-2-3-7-21(19)25/h1-12H,14H2/b17-11-. The molecule has 3 rings (SSSR count). The molecule has 0 heterocycles. The summed E-state index contributed by atoms with van der Waals surface area (Å²) in [7, 11) is 0. The molecule has 27 heavy (non-hydrogen) atoms. The van der Waals surface area contributed by atoms with E-state index in [1.807, 2.05) is 12.1 Å². The fourth-order valence-electron chi connectivity index (χ4n) is 2.53. The van der Waals surface area contributed by atoms with Crippen molar-refractivity contribution in [2.24, 2.45) is 0 Å². The van der Waals surface area contributed by atoms with Gasteiger partial charge in [0.15, 0.2) is 0 Å². The van der Waals surface area contributed by atoms with Crippen LogP contribution in [0.15, 0.2) is 66.7 Å². The Kier molecular flexibility index (Phi) is 6.13. The van der Waals surface area contributed by atoms with Gasteiger partial charge in [-0.25, -0.2) is 4.39 Å². The Morgan fingerprint density at radius 3 is 2.52 bits per heavy atom. The van der Waals surface area contributed by atoms with Crippen LogP contribution in [0.4, 0.5) is 4.39 Å². The molecule has 0 aliphatic heterocycles. The molecular formula is C22H14Cl2FNO. The van der Waals surface area contributed by atoms with Gasteiger partial charge in [0.1, 0.15) is 18.2 Å². The number of hydrogen-bond donors (Lipinski definition) is 0. The maximum Gasteiger partial charge on any atom is 0.131 e. The molecule has 3 aromatic rings. The molecule has 0 unspecified atom stereocenters. The first kappa shape index (κ1) is 19.0. The molecule has 5 heteroatoms. The van der Waals surface area contributed by atoms with Crippen LogP contribution in [0.1, 0.15) is 16.7 Å². The van der Waals surface area contributed by atoms with Crippen LogP contribution in [0.2, 0.25) is 10.0 Å². The first-order chi connectivity index (χ1) is 13.1. The van der Waals surface area contributed by atoms with Gasteiger partial charge in [0.05, 0.1) is 11.6 Å². The van der Waals surface area contributed by atoms with E-state index in [-0.39, 0.29) is 17.7 Å². The second-order valence-corrected chi connectivity index (χ2v) is 6.56. The molecule has 0 saturated heterocycles. The molecule has 0 amide bonds. The number of halogens is 3. The van der Waals surface area contributed by atoms with E-state index in [1.54, 1.807) is 54.6 Å². The number of hydrogen-bond acceptors (Lipinski definition) is 2. The summed E-state index contributed by atoms with van der Waals surface area (Å²) in [5.41, 5.74) is 1.92. The minimum atomic E-state index is -0.448. The maximum atomic E-state index is 14.0. The maximum absolute atomic E-state index is 14.0. The van der Waals surface area contributed by atoms with Crippen molar-refractivity contribution in [3.63, 3.8) is 0 Å². The van der Waals surface area contributed by atoms with E-state index in [1.165, 1.54) is 6.07 Å². The van der Waals surface area contributed by atoms with E-state index in [4.69, 9.17) is 27.9 Å². The Balaban J connectivity index is 1.89. The zero-order valence-electron chi connectivity index (χ0n) is 14.1. The van der Waals surface area contributed by atoms with E-state index in [9.17, 15) is 9.65 Å². The Bertz CT molecular complexity index is 1040. The zero-order valence-corrected chi connectivity index (χ0v) is 15.6. The molecule has 0 aliphatic carbocycles. The van der Waals surface area contributed by atoms with E-state index >= 15 is 0 Å². The largest absolute Gasteiger partial charge is 0.488 e. The van der Waals surface area contributed by atoms with Crippen LogP contribution in [-0.4, -0.2) is 0 Å². The lowest BCUT2D eigenvalue weighted by Crippen LogP contribution is -1.98. The number of para-hydroxylation sites is 1. The highest BCUT2D eigenvalue weighted by atomic mass is 35.5. The summed E-state index contributed by atoms with van der Waals surface area (Å²) in [4.78, 5) is 0. The van der Waals surface area contributed by atoms with Crippen molar-refractivity contribution >= 4 is 34.9 Å². The third-order valence-corrected chi connectivity index (χ3v) is 4.49. The first-order valence-corrected chi connectivity index (χ1v) is 8.86. The summed E-state index contributed by atoms with van der Waals surface area (Å²) < 4.78 is 19.9. The molecule has 0 bridgehead atoms. The smallest absolute Gasteiger partial charge is 0.131 e. The van der Waals surface area contributed by atoms with E-state index in [0.29, 0.717) is 21.4 Å². The number of allylic oxidation sites excluding steroid dienone is 1. The molecule has 0 atom stereocenters. The molecule has 0 radical (unpaired) electrons. The quantitative estimate of drug-likeness (QED) is 0.351. The van der Waals surface area contributed by atoms with Gasteiger partial charge in [-0.3, -0.25) is 0 Å². The number of benzene rings is 3. The highest BCUT2D eigenvalue weighted by Gasteiger charge is 2.10. The average Bonchev–Trinajstić information content (AvgIpc) is 2.67. The number of nitrogens with zero attached hydrogens (tertiary/aromatic N) is 1.